The van der Waals surface area contributed by atoms with Gasteiger partial charge in [0.1, 0.15) is 0 Å². The molecule has 0 saturated carbocycles. The van der Waals surface area contributed by atoms with E-state index in [-0.39, 0.29) is 0 Å². The molecule has 1 unspecified atom stereocenters. The minimum Gasteiger partial charge on any atom is -0.383 e. The number of ether oxygens (including phenoxy) is 1. The Balaban J connectivity index is 2.71. The average Bonchev–Trinajstić information content (AvgIpc) is 2.27. The van der Waals surface area contributed by atoms with Gasteiger partial charge in [-0.2, -0.15) is 0 Å². The first kappa shape index (κ1) is 15.2. The Bertz CT molecular complexity index is 340. The molecule has 0 radical (unpaired) electrons. The molecular formula is C16H27NO. The van der Waals surface area contributed by atoms with Gasteiger partial charge in [0.25, 0.3) is 0 Å². The number of methoxy groups -OCH3 is 1. The van der Waals surface area contributed by atoms with Crippen molar-refractivity contribution in [3.8, 4) is 0 Å². The van der Waals surface area contributed by atoms with Crippen LogP contribution in [0.4, 0.5) is 0 Å². The molecule has 0 heterocycles. The maximum Gasteiger partial charge on any atom is 0.0587 e. The topological polar surface area (TPSA) is 21.3 Å². The second-order valence-corrected chi connectivity index (χ2v) is 5.47. The first-order valence-electron chi connectivity index (χ1n) is 6.82. The van der Waals surface area contributed by atoms with E-state index in [1.165, 1.54) is 16.7 Å². The molecule has 0 amide bonds. The second-order valence-electron chi connectivity index (χ2n) is 5.47. The van der Waals surface area contributed by atoms with Gasteiger partial charge >= 0.3 is 0 Å². The van der Waals surface area contributed by atoms with Gasteiger partial charge in [-0.25, -0.2) is 0 Å². The molecule has 0 saturated heterocycles. The molecule has 102 valence electrons. The Morgan fingerprint density at radius 3 is 2.22 bits per heavy atom. The fourth-order valence-corrected chi connectivity index (χ4v) is 2.39. The first-order valence-corrected chi connectivity index (χ1v) is 6.82. The fourth-order valence-electron chi connectivity index (χ4n) is 2.39. The summed E-state index contributed by atoms with van der Waals surface area (Å²) in [6, 6.07) is 6.87. The Morgan fingerprint density at radius 1 is 1.11 bits per heavy atom. The molecule has 0 aliphatic carbocycles. The number of nitrogens with one attached hydrogen (secondary N) is 1. The lowest BCUT2D eigenvalue weighted by atomic mass is 9.87. The van der Waals surface area contributed by atoms with Crippen molar-refractivity contribution >= 4 is 0 Å². The number of rotatable bonds is 7. The molecule has 1 aromatic carbocycles. The molecule has 1 aromatic rings. The van der Waals surface area contributed by atoms with Crippen LogP contribution in [0.3, 0.4) is 0 Å². The molecular weight excluding hydrogens is 222 g/mol. The van der Waals surface area contributed by atoms with E-state index in [1.807, 2.05) is 0 Å². The predicted octanol–water partition coefficient (Wildman–Crippen LogP) is 3.28. The molecule has 1 N–H and O–H groups in total. The highest BCUT2D eigenvalue weighted by atomic mass is 16.5. The van der Waals surface area contributed by atoms with E-state index in [2.05, 4.69) is 51.2 Å². The van der Waals surface area contributed by atoms with Crippen molar-refractivity contribution in [1.82, 2.24) is 5.32 Å². The Kier molecular flexibility index (Phi) is 6.37. The SMILES string of the molecule is COCCNCC(c1cc(C)cc(C)c1)C(C)C. The summed E-state index contributed by atoms with van der Waals surface area (Å²) >= 11 is 0. The average molecular weight is 249 g/mol. The number of aryl methyl sites for hydroxylation is 2. The van der Waals surface area contributed by atoms with Crippen LogP contribution in [-0.2, 0) is 4.74 Å². The van der Waals surface area contributed by atoms with Crippen molar-refractivity contribution in [3.63, 3.8) is 0 Å². The lowest BCUT2D eigenvalue weighted by molar-refractivity contribution is 0.198. The van der Waals surface area contributed by atoms with Gasteiger partial charge in [0.05, 0.1) is 6.61 Å². The smallest absolute Gasteiger partial charge is 0.0587 e. The van der Waals surface area contributed by atoms with Crippen LogP contribution in [0.25, 0.3) is 0 Å². The van der Waals surface area contributed by atoms with Crippen LogP contribution in [0.5, 0.6) is 0 Å². The van der Waals surface area contributed by atoms with Crippen LogP contribution in [0.1, 0.15) is 36.5 Å². The van der Waals surface area contributed by atoms with Gasteiger partial charge in [-0.05, 0) is 31.2 Å². The molecule has 0 aliphatic heterocycles. The monoisotopic (exact) mass is 249 g/mol. The third kappa shape index (κ3) is 4.79. The minimum absolute atomic E-state index is 0.570. The van der Waals surface area contributed by atoms with Crippen molar-refractivity contribution in [2.75, 3.05) is 26.8 Å². The lowest BCUT2D eigenvalue weighted by Crippen LogP contribution is -2.27. The van der Waals surface area contributed by atoms with Gasteiger partial charge in [-0.15, -0.1) is 0 Å². The highest BCUT2D eigenvalue weighted by Gasteiger charge is 2.15. The van der Waals surface area contributed by atoms with Gasteiger partial charge in [0, 0.05) is 20.2 Å². The Labute approximate surface area is 112 Å². The van der Waals surface area contributed by atoms with Gasteiger partial charge in [-0.1, -0.05) is 43.2 Å². The Morgan fingerprint density at radius 2 is 1.72 bits per heavy atom. The van der Waals surface area contributed by atoms with E-state index in [1.54, 1.807) is 7.11 Å². The molecule has 0 fully saturated rings. The van der Waals surface area contributed by atoms with Crippen LogP contribution in [0.15, 0.2) is 18.2 Å². The second kappa shape index (κ2) is 7.55. The lowest BCUT2D eigenvalue weighted by Gasteiger charge is -2.23. The van der Waals surface area contributed by atoms with Gasteiger partial charge in [-0.3, -0.25) is 0 Å². The summed E-state index contributed by atoms with van der Waals surface area (Å²) in [6.45, 7) is 11.6. The molecule has 1 rings (SSSR count). The maximum atomic E-state index is 5.07. The van der Waals surface area contributed by atoms with Crippen LogP contribution in [0.2, 0.25) is 0 Å². The van der Waals surface area contributed by atoms with Gasteiger partial charge in [0.2, 0.25) is 0 Å². The zero-order valence-electron chi connectivity index (χ0n) is 12.4. The molecule has 0 bridgehead atoms. The normalized spacial score (nSPS) is 13.0. The van der Waals surface area contributed by atoms with Crippen molar-refractivity contribution in [2.45, 2.75) is 33.6 Å². The third-order valence-electron chi connectivity index (χ3n) is 3.32. The standard InChI is InChI=1S/C16H27NO/c1-12(2)16(11-17-6-7-18-5)15-9-13(3)8-14(4)10-15/h8-10,12,16-17H,6-7,11H2,1-5H3. The van der Waals surface area contributed by atoms with E-state index >= 15 is 0 Å². The van der Waals surface area contributed by atoms with Crippen LogP contribution >= 0.6 is 0 Å². The summed E-state index contributed by atoms with van der Waals surface area (Å²) in [5.41, 5.74) is 4.16. The summed E-state index contributed by atoms with van der Waals surface area (Å²) in [5, 5.41) is 3.48. The largest absolute Gasteiger partial charge is 0.383 e. The van der Waals surface area contributed by atoms with Gasteiger partial charge < -0.3 is 10.1 Å². The van der Waals surface area contributed by atoms with Crippen LogP contribution < -0.4 is 5.32 Å². The van der Waals surface area contributed by atoms with E-state index < -0.39 is 0 Å². The Hall–Kier alpha value is -0.860. The summed E-state index contributed by atoms with van der Waals surface area (Å²) in [7, 11) is 1.74. The predicted molar refractivity (Wildman–Crippen MR) is 78.2 cm³/mol. The van der Waals surface area contributed by atoms with E-state index in [9.17, 15) is 0 Å². The number of hydrogen-bond donors (Lipinski definition) is 1. The van der Waals surface area contributed by atoms with Crippen LogP contribution in [0, 0.1) is 19.8 Å². The van der Waals surface area contributed by atoms with Crippen molar-refractivity contribution in [3.05, 3.63) is 34.9 Å². The summed E-state index contributed by atoms with van der Waals surface area (Å²) < 4.78 is 5.07. The first-order chi connectivity index (χ1) is 8.54. The molecule has 0 aliphatic rings. The summed E-state index contributed by atoms with van der Waals surface area (Å²) in [4.78, 5) is 0. The quantitative estimate of drug-likeness (QED) is 0.749. The van der Waals surface area contributed by atoms with E-state index in [0.29, 0.717) is 11.8 Å². The van der Waals surface area contributed by atoms with Crippen molar-refractivity contribution in [1.29, 1.82) is 0 Å². The fraction of sp³-hybridized carbons (Fsp3) is 0.625. The summed E-state index contributed by atoms with van der Waals surface area (Å²) in [6.07, 6.45) is 0. The molecule has 0 spiro atoms. The maximum absolute atomic E-state index is 5.07. The highest BCUT2D eigenvalue weighted by Crippen LogP contribution is 2.25. The zero-order chi connectivity index (χ0) is 13.5. The molecule has 2 heteroatoms. The summed E-state index contributed by atoms with van der Waals surface area (Å²) in [5.74, 6) is 1.21. The molecule has 2 nitrogen and oxygen atoms in total. The van der Waals surface area contributed by atoms with Gasteiger partial charge in [0.15, 0.2) is 0 Å². The zero-order valence-corrected chi connectivity index (χ0v) is 12.4. The molecule has 1 atom stereocenters. The van der Waals surface area contributed by atoms with Crippen molar-refractivity contribution < 1.29 is 4.74 Å². The third-order valence-corrected chi connectivity index (χ3v) is 3.32. The molecule has 0 aromatic heterocycles. The van der Waals surface area contributed by atoms with Crippen molar-refractivity contribution in [2.24, 2.45) is 5.92 Å². The number of benzene rings is 1. The van der Waals surface area contributed by atoms with E-state index in [0.717, 1.165) is 19.7 Å². The number of hydrogen-bond acceptors (Lipinski definition) is 2. The highest BCUT2D eigenvalue weighted by molar-refractivity contribution is 5.31. The minimum atomic E-state index is 0.570. The molecule has 18 heavy (non-hydrogen) atoms. The van der Waals surface area contributed by atoms with E-state index in [4.69, 9.17) is 4.74 Å². The van der Waals surface area contributed by atoms with Crippen LogP contribution in [-0.4, -0.2) is 26.8 Å².